The number of carbonyl (C=O) groups is 1. The van der Waals surface area contributed by atoms with Gasteiger partial charge in [0, 0.05) is 27.5 Å². The molecule has 0 saturated heterocycles. The minimum atomic E-state index is -0.000448. The number of hydrogen-bond acceptors (Lipinski definition) is 8. The average Bonchev–Trinajstić information content (AvgIpc) is 3.23. The lowest BCUT2D eigenvalue weighted by atomic mass is 10.3. The summed E-state index contributed by atoms with van der Waals surface area (Å²) in [6, 6.07) is 4.02. The van der Waals surface area contributed by atoms with Crippen LogP contribution in [0.1, 0.15) is 20.3 Å². The SMILES string of the molecule is CC(C)NC(=O)CCn1c(Sc2cc3c(cc2I)OCO3)nc2cncnc21.N. The number of amides is 1. The predicted octanol–water partition coefficient (Wildman–Crippen LogP) is 3.39. The van der Waals surface area contributed by atoms with Crippen LogP contribution in [-0.4, -0.2) is 38.3 Å². The van der Waals surface area contributed by atoms with Crippen molar-refractivity contribution < 1.29 is 14.3 Å². The number of aryl methyl sites for hydroxylation is 1. The summed E-state index contributed by atoms with van der Waals surface area (Å²) >= 11 is 3.78. The molecule has 0 bridgehead atoms. The number of hydrogen-bond donors (Lipinski definition) is 2. The van der Waals surface area contributed by atoms with Crippen LogP contribution in [0.15, 0.2) is 34.7 Å². The molecular weight excluding hydrogens is 507 g/mol. The first-order chi connectivity index (χ1) is 13.5. The molecule has 9 nitrogen and oxygen atoms in total. The van der Waals surface area contributed by atoms with Crippen LogP contribution in [-0.2, 0) is 11.3 Å². The zero-order chi connectivity index (χ0) is 19.7. The van der Waals surface area contributed by atoms with Gasteiger partial charge in [-0.15, -0.1) is 0 Å². The Hall–Kier alpha value is -2.12. The van der Waals surface area contributed by atoms with Gasteiger partial charge in [0.1, 0.15) is 11.8 Å². The summed E-state index contributed by atoms with van der Waals surface area (Å²) in [7, 11) is 0. The maximum absolute atomic E-state index is 12.1. The van der Waals surface area contributed by atoms with Crippen molar-refractivity contribution in [3.8, 4) is 11.5 Å². The highest BCUT2D eigenvalue weighted by Gasteiger charge is 2.20. The first-order valence-electron chi connectivity index (χ1n) is 8.74. The quantitative estimate of drug-likeness (QED) is 0.467. The minimum Gasteiger partial charge on any atom is -0.454 e. The zero-order valence-corrected chi connectivity index (χ0v) is 19.0. The zero-order valence-electron chi connectivity index (χ0n) is 16.0. The van der Waals surface area contributed by atoms with E-state index in [4.69, 9.17) is 9.47 Å². The second kappa shape index (κ2) is 9.13. The monoisotopic (exact) mass is 528 g/mol. The molecule has 1 amide bonds. The second-order valence-corrected chi connectivity index (χ2v) is 8.66. The van der Waals surface area contributed by atoms with Crippen molar-refractivity contribution in [1.29, 1.82) is 0 Å². The molecule has 0 radical (unpaired) electrons. The van der Waals surface area contributed by atoms with Crippen molar-refractivity contribution in [3.05, 3.63) is 28.2 Å². The number of nitrogens with zero attached hydrogens (tertiary/aromatic N) is 4. The van der Waals surface area contributed by atoms with E-state index in [1.807, 2.05) is 30.5 Å². The molecule has 1 aromatic carbocycles. The number of imidazole rings is 1. The number of nitrogens with one attached hydrogen (secondary N) is 1. The number of aromatic nitrogens is 4. The lowest BCUT2D eigenvalue weighted by Gasteiger charge is -2.11. The third kappa shape index (κ3) is 4.73. The average molecular weight is 528 g/mol. The molecule has 2 aromatic heterocycles. The Labute approximate surface area is 185 Å². The maximum atomic E-state index is 12.1. The fraction of sp³-hybridized carbons (Fsp3) is 0.333. The Morgan fingerprint density at radius 2 is 2.10 bits per heavy atom. The molecule has 3 heterocycles. The van der Waals surface area contributed by atoms with Crippen molar-refractivity contribution >= 4 is 51.4 Å². The van der Waals surface area contributed by atoms with Crippen molar-refractivity contribution in [2.45, 2.75) is 42.9 Å². The Morgan fingerprint density at radius 3 is 2.86 bits per heavy atom. The Kier molecular flexibility index (Phi) is 6.80. The Balaban J connectivity index is 0.00000240. The van der Waals surface area contributed by atoms with Crippen LogP contribution in [0.5, 0.6) is 11.5 Å². The molecule has 0 aliphatic carbocycles. The van der Waals surface area contributed by atoms with E-state index < -0.39 is 0 Å². The number of benzene rings is 1. The van der Waals surface area contributed by atoms with E-state index in [1.54, 1.807) is 6.20 Å². The van der Waals surface area contributed by atoms with Crippen LogP contribution in [0.3, 0.4) is 0 Å². The van der Waals surface area contributed by atoms with E-state index >= 15 is 0 Å². The summed E-state index contributed by atoms with van der Waals surface area (Å²) < 4.78 is 13.9. The van der Waals surface area contributed by atoms with E-state index in [1.165, 1.54) is 18.1 Å². The summed E-state index contributed by atoms with van der Waals surface area (Å²) in [4.78, 5) is 26.2. The second-order valence-electron chi connectivity index (χ2n) is 6.49. The lowest BCUT2D eigenvalue weighted by molar-refractivity contribution is -0.121. The molecule has 0 spiro atoms. The van der Waals surface area contributed by atoms with Crippen LogP contribution in [0, 0.1) is 3.57 Å². The Morgan fingerprint density at radius 1 is 1.34 bits per heavy atom. The highest BCUT2D eigenvalue weighted by molar-refractivity contribution is 14.1. The normalized spacial score (nSPS) is 12.3. The van der Waals surface area contributed by atoms with E-state index in [9.17, 15) is 4.79 Å². The minimum absolute atomic E-state index is 0. The van der Waals surface area contributed by atoms with Gasteiger partial charge in [0.05, 0.1) is 6.20 Å². The fourth-order valence-corrected chi connectivity index (χ4v) is 4.54. The van der Waals surface area contributed by atoms with Gasteiger partial charge in [-0.3, -0.25) is 4.79 Å². The van der Waals surface area contributed by atoms with E-state index in [0.29, 0.717) is 24.1 Å². The highest BCUT2D eigenvalue weighted by atomic mass is 127. The topological polar surface area (TPSA) is 126 Å². The van der Waals surface area contributed by atoms with Crippen molar-refractivity contribution in [2.24, 2.45) is 0 Å². The standard InChI is InChI=1S/C18H18IN5O3S.H3N/c1-10(2)22-16(25)3-4-24-17-12(7-20-8-21-17)23-18(24)28-15-6-14-13(5-11(15)19)26-9-27-14;/h5-8,10H,3-4,9H2,1-2H3,(H,22,25);1H3. The van der Waals surface area contributed by atoms with Gasteiger partial charge >= 0.3 is 0 Å². The first kappa shape index (κ1) is 21.6. The molecule has 4 rings (SSSR count). The molecule has 0 atom stereocenters. The highest BCUT2D eigenvalue weighted by Crippen LogP contribution is 2.41. The van der Waals surface area contributed by atoms with Gasteiger partial charge in [-0.05, 0) is 48.6 Å². The van der Waals surface area contributed by atoms with E-state index in [2.05, 4.69) is 42.9 Å². The first-order valence-corrected chi connectivity index (χ1v) is 10.6. The summed E-state index contributed by atoms with van der Waals surface area (Å²) in [5, 5.41) is 3.67. The van der Waals surface area contributed by atoms with Gasteiger partial charge in [-0.1, -0.05) is 11.8 Å². The van der Waals surface area contributed by atoms with E-state index in [0.717, 1.165) is 25.1 Å². The van der Waals surface area contributed by atoms with Crippen LogP contribution in [0.25, 0.3) is 11.2 Å². The molecule has 3 aromatic rings. The smallest absolute Gasteiger partial charge is 0.231 e. The molecule has 1 aliphatic heterocycles. The summed E-state index contributed by atoms with van der Waals surface area (Å²) in [6.07, 6.45) is 3.52. The number of rotatable bonds is 6. The van der Waals surface area contributed by atoms with Crippen LogP contribution in [0.4, 0.5) is 0 Å². The summed E-state index contributed by atoms with van der Waals surface area (Å²) in [5.74, 6) is 1.47. The van der Waals surface area contributed by atoms with Crippen molar-refractivity contribution in [1.82, 2.24) is 31.0 Å². The predicted molar refractivity (Wildman–Crippen MR) is 118 cm³/mol. The molecule has 1 aliphatic rings. The molecule has 29 heavy (non-hydrogen) atoms. The van der Waals surface area contributed by atoms with Crippen LogP contribution >= 0.6 is 34.4 Å². The number of ether oxygens (including phenoxy) is 2. The van der Waals surface area contributed by atoms with E-state index in [-0.39, 0.29) is 24.9 Å². The molecule has 154 valence electrons. The summed E-state index contributed by atoms with van der Waals surface area (Å²) in [5.41, 5.74) is 1.41. The molecule has 4 N–H and O–H groups in total. The molecule has 0 saturated carbocycles. The maximum Gasteiger partial charge on any atom is 0.231 e. The third-order valence-electron chi connectivity index (χ3n) is 4.02. The van der Waals surface area contributed by atoms with Crippen LogP contribution in [0.2, 0.25) is 0 Å². The number of carbonyl (C=O) groups excluding carboxylic acids is 1. The molecule has 11 heteroatoms. The van der Waals surface area contributed by atoms with Gasteiger partial charge in [0.25, 0.3) is 0 Å². The number of fused-ring (bicyclic) bond motifs is 2. The van der Waals surface area contributed by atoms with Crippen LogP contribution < -0.4 is 20.9 Å². The van der Waals surface area contributed by atoms with Gasteiger partial charge in [-0.2, -0.15) is 0 Å². The summed E-state index contributed by atoms with van der Waals surface area (Å²) in [6.45, 7) is 4.61. The van der Waals surface area contributed by atoms with Crippen molar-refractivity contribution in [2.75, 3.05) is 6.79 Å². The molecule has 0 unspecified atom stereocenters. The Bertz CT molecular complexity index is 1040. The van der Waals surface area contributed by atoms with Gasteiger partial charge in [0.2, 0.25) is 12.7 Å². The molecule has 0 fully saturated rings. The van der Waals surface area contributed by atoms with Gasteiger partial charge in [0.15, 0.2) is 22.3 Å². The van der Waals surface area contributed by atoms with Gasteiger partial charge in [-0.25, -0.2) is 15.0 Å². The van der Waals surface area contributed by atoms with Crippen molar-refractivity contribution in [3.63, 3.8) is 0 Å². The largest absolute Gasteiger partial charge is 0.454 e. The number of halogens is 1. The third-order valence-corrected chi connectivity index (χ3v) is 6.33. The van der Waals surface area contributed by atoms with Gasteiger partial charge < -0.3 is 25.5 Å². The fourth-order valence-electron chi connectivity index (χ4n) is 2.82. The molecular formula is C18H21IN6O3S. The lowest BCUT2D eigenvalue weighted by Crippen LogP contribution is -2.30.